The zero-order valence-corrected chi connectivity index (χ0v) is 18.5. The number of nitrogens with one attached hydrogen (secondary N) is 1. The van der Waals surface area contributed by atoms with Crippen molar-refractivity contribution in [2.75, 3.05) is 5.32 Å². The Balaban J connectivity index is 0. The van der Waals surface area contributed by atoms with E-state index in [-0.39, 0.29) is 40.4 Å². The van der Waals surface area contributed by atoms with Gasteiger partial charge in [-0.1, -0.05) is 46.8 Å². The van der Waals surface area contributed by atoms with Crippen molar-refractivity contribution in [2.24, 2.45) is 0 Å². The molecule has 0 aliphatic heterocycles. The Morgan fingerprint density at radius 3 is 2.12 bits per heavy atom. The summed E-state index contributed by atoms with van der Waals surface area (Å²) >= 11 is 5.83. The topological polar surface area (TPSA) is 90.8 Å². The summed E-state index contributed by atoms with van der Waals surface area (Å²) in [6.07, 6.45) is 1.61. The Hall–Kier alpha value is -1.21. The molecule has 0 amide bonds. The molecular formula is C17H24ClN4NaO2. The summed E-state index contributed by atoms with van der Waals surface area (Å²) in [6.45, 7) is 10.0. The molecule has 0 saturated heterocycles. The summed E-state index contributed by atoms with van der Waals surface area (Å²) in [7, 11) is 0. The molecule has 1 N–H and O–H groups in total. The number of carbonyl (C=O) groups is 1. The first-order valence-electron chi connectivity index (χ1n) is 8.07. The van der Waals surface area contributed by atoms with Crippen molar-refractivity contribution >= 4 is 29.2 Å². The summed E-state index contributed by atoms with van der Waals surface area (Å²) in [4.78, 5) is 22.9. The number of nitrogens with zero attached hydrogens (tertiary/aromatic N) is 3. The van der Waals surface area contributed by atoms with E-state index in [1.807, 2.05) is 34.6 Å². The van der Waals surface area contributed by atoms with Gasteiger partial charge in [-0.15, -0.1) is 0 Å². The second-order valence-corrected chi connectivity index (χ2v) is 4.42. The molecule has 132 valence electrons. The fraction of sp³-hybridized carbons (Fsp3) is 0.412. The minimum Gasteiger partial charge on any atom is -0.545 e. The molecule has 25 heavy (non-hydrogen) atoms. The van der Waals surface area contributed by atoms with Crippen LogP contribution in [0.2, 0.25) is 5.28 Å². The Morgan fingerprint density at radius 2 is 1.64 bits per heavy atom. The van der Waals surface area contributed by atoms with Crippen LogP contribution in [0.4, 0.5) is 11.6 Å². The van der Waals surface area contributed by atoms with Crippen LogP contribution >= 0.6 is 11.6 Å². The zero-order valence-electron chi connectivity index (χ0n) is 15.8. The van der Waals surface area contributed by atoms with Gasteiger partial charge in [0.05, 0.1) is 5.97 Å². The van der Waals surface area contributed by atoms with Crippen molar-refractivity contribution in [3.63, 3.8) is 0 Å². The summed E-state index contributed by atoms with van der Waals surface area (Å²) in [5.74, 6) is -0.277. The largest absolute Gasteiger partial charge is 1.00 e. The molecule has 0 radical (unpaired) electrons. The Bertz CT molecular complexity index is 625. The number of carboxylic acids is 1. The number of carboxylic acid groups (broad SMARTS) is 1. The molecular weight excluding hydrogens is 351 g/mol. The van der Waals surface area contributed by atoms with Crippen LogP contribution in [-0.4, -0.2) is 20.9 Å². The minimum atomic E-state index is -1.22. The van der Waals surface area contributed by atoms with Crippen LogP contribution in [0.1, 0.15) is 57.2 Å². The van der Waals surface area contributed by atoms with Crippen LogP contribution in [0.5, 0.6) is 0 Å². The molecule has 0 aliphatic rings. The first-order chi connectivity index (χ1) is 11.6. The number of halogens is 1. The number of rotatable bonds is 5. The molecule has 1 aromatic heterocycles. The Morgan fingerprint density at radius 1 is 1.08 bits per heavy atom. The van der Waals surface area contributed by atoms with Gasteiger partial charge >= 0.3 is 29.6 Å². The van der Waals surface area contributed by atoms with Crippen LogP contribution in [-0.2, 0) is 6.42 Å². The fourth-order valence-corrected chi connectivity index (χ4v) is 1.78. The van der Waals surface area contributed by atoms with Crippen LogP contribution in [0.25, 0.3) is 0 Å². The first-order valence-corrected chi connectivity index (χ1v) is 8.45. The van der Waals surface area contributed by atoms with E-state index >= 15 is 0 Å². The van der Waals surface area contributed by atoms with E-state index in [2.05, 4.69) is 20.3 Å². The van der Waals surface area contributed by atoms with Gasteiger partial charge in [-0.2, -0.15) is 9.97 Å². The molecule has 0 saturated carbocycles. The number of aromatic nitrogens is 3. The van der Waals surface area contributed by atoms with Gasteiger partial charge in [-0.3, -0.25) is 0 Å². The maximum atomic E-state index is 10.6. The predicted molar refractivity (Wildman–Crippen MR) is 95.6 cm³/mol. The average molecular weight is 375 g/mol. The summed E-state index contributed by atoms with van der Waals surface area (Å²) < 4.78 is 0. The van der Waals surface area contributed by atoms with Crippen LogP contribution in [0.3, 0.4) is 0 Å². The predicted octanol–water partition coefficient (Wildman–Crippen LogP) is 0.641. The second kappa shape index (κ2) is 15.1. The molecule has 8 heteroatoms. The number of anilines is 2. The molecule has 0 bridgehead atoms. The second-order valence-electron chi connectivity index (χ2n) is 4.08. The van der Waals surface area contributed by atoms with E-state index < -0.39 is 5.97 Å². The normalized spacial score (nSPS) is 8.72. The third-order valence-corrected chi connectivity index (χ3v) is 2.67. The maximum Gasteiger partial charge on any atom is 1.00 e. The van der Waals surface area contributed by atoms with Gasteiger partial charge in [0, 0.05) is 12.1 Å². The molecule has 2 rings (SSSR count). The van der Waals surface area contributed by atoms with Gasteiger partial charge in [0.1, 0.15) is 5.82 Å². The molecule has 0 fully saturated rings. The van der Waals surface area contributed by atoms with Gasteiger partial charge in [-0.05, 0) is 35.7 Å². The van der Waals surface area contributed by atoms with Crippen LogP contribution in [0.15, 0.2) is 24.3 Å². The van der Waals surface area contributed by atoms with Crippen LogP contribution in [0, 0.1) is 0 Å². The summed E-state index contributed by atoms with van der Waals surface area (Å²) in [5, 5.41) is 13.7. The third kappa shape index (κ3) is 9.75. The molecule has 0 unspecified atom stereocenters. The first kappa shape index (κ1) is 26.0. The van der Waals surface area contributed by atoms with Crippen molar-refractivity contribution in [1.29, 1.82) is 0 Å². The third-order valence-electron chi connectivity index (χ3n) is 2.50. The number of carbonyl (C=O) groups excluding carboxylic acids is 1. The van der Waals surface area contributed by atoms with Crippen molar-refractivity contribution in [3.8, 4) is 0 Å². The molecule has 0 aliphatic carbocycles. The monoisotopic (exact) mass is 374 g/mol. The van der Waals surface area contributed by atoms with Gasteiger partial charge in [0.15, 0.2) is 0 Å². The van der Waals surface area contributed by atoms with Gasteiger partial charge in [0.25, 0.3) is 0 Å². The van der Waals surface area contributed by atoms with Gasteiger partial charge in [0.2, 0.25) is 11.2 Å². The van der Waals surface area contributed by atoms with E-state index in [1.54, 1.807) is 12.1 Å². The van der Waals surface area contributed by atoms with E-state index in [9.17, 15) is 9.90 Å². The smallest absolute Gasteiger partial charge is 0.545 e. The van der Waals surface area contributed by atoms with E-state index in [1.165, 1.54) is 12.1 Å². The van der Waals surface area contributed by atoms with Crippen LogP contribution < -0.4 is 40.0 Å². The van der Waals surface area contributed by atoms with E-state index in [0.29, 0.717) is 23.9 Å². The Kier molecular flexibility index (Phi) is 15.7. The fourth-order valence-electron chi connectivity index (χ4n) is 1.60. The number of aryl methyl sites for hydroxylation is 1. The number of hydrogen-bond acceptors (Lipinski definition) is 6. The molecule has 1 aromatic carbocycles. The van der Waals surface area contributed by atoms with Crippen molar-refractivity contribution in [3.05, 3.63) is 40.9 Å². The van der Waals surface area contributed by atoms with Crippen molar-refractivity contribution in [2.45, 2.75) is 47.5 Å². The summed E-state index contributed by atoms with van der Waals surface area (Å²) in [5.41, 5.74) is 0.760. The van der Waals surface area contributed by atoms with Crippen molar-refractivity contribution in [1.82, 2.24) is 15.0 Å². The Labute approximate surface area is 176 Å². The SMILES string of the molecule is CC.CC.CCCc1nc(Cl)nc(Nc2ccc(C(=O)[O-])cc2)n1.[Na+]. The molecule has 6 nitrogen and oxygen atoms in total. The quantitative estimate of drug-likeness (QED) is 0.772. The number of aromatic carboxylic acids is 1. The number of hydrogen-bond donors (Lipinski definition) is 1. The molecule has 2 aromatic rings. The standard InChI is InChI=1S/C13H13ClN4O2.2C2H6.Na/c1-2-3-10-16-12(14)18-13(17-10)15-9-6-4-8(5-7-9)11(19)20;2*1-2;/h4-7H,2-3H2,1H3,(H,19,20)(H,15,16,17,18);2*1-2H3;/q;;;+1/p-1. The van der Waals surface area contributed by atoms with Gasteiger partial charge < -0.3 is 15.2 Å². The van der Waals surface area contributed by atoms with E-state index in [4.69, 9.17) is 11.6 Å². The number of benzene rings is 1. The molecule has 0 atom stereocenters. The maximum absolute atomic E-state index is 10.6. The van der Waals surface area contributed by atoms with Gasteiger partial charge in [-0.25, -0.2) is 4.98 Å². The average Bonchev–Trinajstić information content (AvgIpc) is 2.59. The minimum absolute atomic E-state index is 0. The molecule has 0 spiro atoms. The molecule has 1 heterocycles. The van der Waals surface area contributed by atoms with E-state index in [0.717, 1.165) is 6.42 Å². The zero-order chi connectivity index (χ0) is 18.5. The van der Waals surface area contributed by atoms with Crippen molar-refractivity contribution < 1.29 is 39.5 Å². The summed E-state index contributed by atoms with van der Waals surface area (Å²) in [6, 6.07) is 6.07.